The SMILES string of the molecule is COC(=O)c1cccc(OC2(F)C(C(C)(C)C)CCCN2C(=O)O)c1-c1ncc(C)s1. The van der Waals surface area contributed by atoms with Gasteiger partial charge in [-0.3, -0.25) is 0 Å². The van der Waals surface area contributed by atoms with Crippen LogP contribution in [0.3, 0.4) is 0 Å². The lowest BCUT2D eigenvalue weighted by molar-refractivity contribution is -0.245. The predicted octanol–water partition coefficient (Wildman–Crippen LogP) is 5.34. The molecule has 0 radical (unpaired) electrons. The minimum Gasteiger partial charge on any atom is -0.465 e. The van der Waals surface area contributed by atoms with E-state index in [4.69, 9.17) is 9.47 Å². The maximum absolute atomic E-state index is 16.6. The molecule has 9 heteroatoms. The summed E-state index contributed by atoms with van der Waals surface area (Å²) < 4.78 is 27.5. The monoisotopic (exact) mass is 450 g/mol. The Labute approximate surface area is 184 Å². The van der Waals surface area contributed by atoms with Crippen LogP contribution in [0.15, 0.2) is 24.4 Å². The van der Waals surface area contributed by atoms with Crippen LogP contribution in [0.25, 0.3) is 10.6 Å². The lowest BCUT2D eigenvalue weighted by Gasteiger charge is -2.48. The van der Waals surface area contributed by atoms with Crippen molar-refractivity contribution in [2.24, 2.45) is 11.3 Å². The van der Waals surface area contributed by atoms with E-state index < -0.39 is 29.4 Å². The smallest absolute Gasteiger partial charge is 0.412 e. The zero-order valence-electron chi connectivity index (χ0n) is 18.3. The van der Waals surface area contributed by atoms with Gasteiger partial charge >= 0.3 is 18.0 Å². The molecule has 1 N–H and O–H groups in total. The Bertz CT molecular complexity index is 987. The second kappa shape index (κ2) is 8.45. The molecule has 1 aliphatic rings. The molecule has 1 aromatic carbocycles. The fourth-order valence-electron chi connectivity index (χ4n) is 4.03. The molecule has 0 bridgehead atoms. The van der Waals surface area contributed by atoms with E-state index in [0.29, 0.717) is 22.7 Å². The van der Waals surface area contributed by atoms with Crippen LogP contribution in [0.2, 0.25) is 0 Å². The molecule has 168 valence electrons. The van der Waals surface area contributed by atoms with Crippen LogP contribution in [-0.4, -0.2) is 46.7 Å². The second-order valence-electron chi connectivity index (χ2n) is 8.65. The summed E-state index contributed by atoms with van der Waals surface area (Å²) in [6.45, 7) is 7.45. The van der Waals surface area contributed by atoms with Crippen molar-refractivity contribution in [3.8, 4) is 16.3 Å². The number of benzene rings is 1. The first kappa shape index (κ1) is 23.0. The number of carbonyl (C=O) groups excluding carboxylic acids is 1. The van der Waals surface area contributed by atoms with E-state index in [1.807, 2.05) is 27.7 Å². The first-order chi connectivity index (χ1) is 14.5. The van der Waals surface area contributed by atoms with Crippen LogP contribution < -0.4 is 4.74 Å². The molecule has 0 spiro atoms. The predicted molar refractivity (Wildman–Crippen MR) is 115 cm³/mol. The molecule has 31 heavy (non-hydrogen) atoms. The van der Waals surface area contributed by atoms with Crippen molar-refractivity contribution in [3.63, 3.8) is 0 Å². The molecular weight excluding hydrogens is 423 g/mol. The van der Waals surface area contributed by atoms with Crippen molar-refractivity contribution in [3.05, 3.63) is 34.8 Å². The molecule has 0 saturated carbocycles. The molecule has 7 nitrogen and oxygen atoms in total. The Morgan fingerprint density at radius 3 is 2.61 bits per heavy atom. The number of likely N-dealkylation sites (tertiary alicyclic amines) is 1. The number of amides is 1. The van der Waals surface area contributed by atoms with Crippen LogP contribution in [0.5, 0.6) is 5.75 Å². The number of methoxy groups -OCH3 is 1. The number of ether oxygens (including phenoxy) is 2. The van der Waals surface area contributed by atoms with Crippen LogP contribution in [0.4, 0.5) is 9.18 Å². The maximum Gasteiger partial charge on any atom is 0.412 e. The van der Waals surface area contributed by atoms with Gasteiger partial charge in [0, 0.05) is 17.6 Å². The summed E-state index contributed by atoms with van der Waals surface area (Å²) in [7, 11) is 1.26. The maximum atomic E-state index is 16.6. The van der Waals surface area contributed by atoms with E-state index in [1.165, 1.54) is 24.5 Å². The topological polar surface area (TPSA) is 89.0 Å². The highest BCUT2D eigenvalue weighted by Gasteiger charge is 2.56. The van der Waals surface area contributed by atoms with Gasteiger partial charge in [-0.2, -0.15) is 4.39 Å². The van der Waals surface area contributed by atoms with E-state index in [-0.39, 0.29) is 23.4 Å². The molecule has 1 fully saturated rings. The van der Waals surface area contributed by atoms with Crippen LogP contribution >= 0.6 is 11.3 Å². The molecule has 2 unspecified atom stereocenters. The molecule has 2 atom stereocenters. The summed E-state index contributed by atoms with van der Waals surface area (Å²) in [5.41, 5.74) is -0.114. The first-order valence-electron chi connectivity index (χ1n) is 10.0. The third-order valence-corrected chi connectivity index (χ3v) is 6.40. The summed E-state index contributed by atoms with van der Waals surface area (Å²) in [6, 6.07) is 4.62. The quantitative estimate of drug-likeness (QED) is 0.499. The Balaban J connectivity index is 2.19. The number of nitrogens with zero attached hydrogens (tertiary/aromatic N) is 2. The van der Waals surface area contributed by atoms with Crippen molar-refractivity contribution in [2.75, 3.05) is 13.7 Å². The number of piperidine rings is 1. The lowest BCUT2D eigenvalue weighted by Crippen LogP contribution is -2.62. The molecule has 1 saturated heterocycles. The van der Waals surface area contributed by atoms with Gasteiger partial charge in [-0.05, 0) is 37.3 Å². The van der Waals surface area contributed by atoms with E-state index >= 15 is 4.39 Å². The average molecular weight is 451 g/mol. The normalized spacial score (nSPS) is 21.6. The van der Waals surface area contributed by atoms with Crippen molar-refractivity contribution < 1.29 is 28.6 Å². The van der Waals surface area contributed by atoms with Gasteiger partial charge in [0.15, 0.2) is 0 Å². The second-order valence-corrected chi connectivity index (χ2v) is 9.89. The molecule has 1 amide bonds. The van der Waals surface area contributed by atoms with E-state index in [0.717, 1.165) is 4.88 Å². The third kappa shape index (κ3) is 4.37. The van der Waals surface area contributed by atoms with Gasteiger partial charge in [0.25, 0.3) is 0 Å². The van der Waals surface area contributed by atoms with Crippen LogP contribution in [0, 0.1) is 18.3 Å². The van der Waals surface area contributed by atoms with Gasteiger partial charge in [-0.15, -0.1) is 11.3 Å². The van der Waals surface area contributed by atoms with Gasteiger partial charge in [-0.25, -0.2) is 19.5 Å². The number of aryl methyl sites for hydroxylation is 1. The Morgan fingerprint density at radius 2 is 2.06 bits per heavy atom. The largest absolute Gasteiger partial charge is 0.465 e. The number of esters is 1. The summed E-state index contributed by atoms with van der Waals surface area (Å²) in [4.78, 5) is 30.3. The van der Waals surface area contributed by atoms with Crippen molar-refractivity contribution in [2.45, 2.75) is 46.5 Å². The molecule has 2 heterocycles. The fraction of sp³-hybridized carbons (Fsp3) is 0.500. The number of halogens is 1. The number of alkyl halides is 1. The number of rotatable bonds is 4. The first-order valence-corrected chi connectivity index (χ1v) is 10.8. The Morgan fingerprint density at radius 1 is 1.35 bits per heavy atom. The molecule has 2 aromatic rings. The molecule has 3 rings (SSSR count). The number of hydrogen-bond donors (Lipinski definition) is 1. The number of aromatic nitrogens is 1. The van der Waals surface area contributed by atoms with E-state index in [1.54, 1.807) is 18.3 Å². The fourth-order valence-corrected chi connectivity index (χ4v) is 4.86. The highest BCUT2D eigenvalue weighted by atomic mass is 32.1. The summed E-state index contributed by atoms with van der Waals surface area (Å²) in [6.07, 6.45) is 1.24. The molecule has 1 aromatic heterocycles. The minimum absolute atomic E-state index is 0.0147. The van der Waals surface area contributed by atoms with Gasteiger partial charge < -0.3 is 14.6 Å². The summed E-state index contributed by atoms with van der Waals surface area (Å²) in [5.74, 6) is -3.91. The van der Waals surface area contributed by atoms with Crippen molar-refractivity contribution in [1.82, 2.24) is 9.88 Å². The zero-order valence-corrected chi connectivity index (χ0v) is 19.1. The molecule has 1 aliphatic heterocycles. The van der Waals surface area contributed by atoms with Gasteiger partial charge in [0.2, 0.25) is 0 Å². The average Bonchev–Trinajstić information content (AvgIpc) is 3.11. The highest BCUT2D eigenvalue weighted by molar-refractivity contribution is 7.15. The number of hydrogen-bond acceptors (Lipinski definition) is 6. The Kier molecular flexibility index (Phi) is 6.27. The van der Waals surface area contributed by atoms with E-state index in [2.05, 4.69) is 4.98 Å². The minimum atomic E-state index is -2.61. The summed E-state index contributed by atoms with van der Waals surface area (Å²) >= 11 is 1.32. The van der Waals surface area contributed by atoms with Crippen LogP contribution in [-0.2, 0) is 4.74 Å². The van der Waals surface area contributed by atoms with Gasteiger partial charge in [-0.1, -0.05) is 26.8 Å². The van der Waals surface area contributed by atoms with Crippen molar-refractivity contribution in [1.29, 1.82) is 0 Å². The van der Waals surface area contributed by atoms with Gasteiger partial charge in [0.05, 0.1) is 24.2 Å². The number of carbonyl (C=O) groups is 2. The van der Waals surface area contributed by atoms with Crippen molar-refractivity contribution >= 4 is 23.4 Å². The standard InChI is InChI=1S/C22H27FN2O5S/c1-13-12-24-18(31-13)17-14(19(26)29-5)8-6-9-15(17)30-22(23)16(21(2,3)4)10-7-11-25(22)20(27)28/h6,8-9,12,16H,7,10-11H2,1-5H3,(H,27,28). The lowest BCUT2D eigenvalue weighted by atomic mass is 9.74. The summed E-state index contributed by atoms with van der Waals surface area (Å²) in [5, 5.41) is 10.2. The zero-order chi connectivity index (χ0) is 23.0. The molecular formula is C22H27FN2O5S. The Hall–Kier alpha value is -2.68. The molecule has 0 aliphatic carbocycles. The van der Waals surface area contributed by atoms with Crippen LogP contribution in [0.1, 0.15) is 48.8 Å². The number of carboxylic acid groups (broad SMARTS) is 1. The van der Waals surface area contributed by atoms with E-state index in [9.17, 15) is 14.7 Å². The van der Waals surface area contributed by atoms with Gasteiger partial charge in [0.1, 0.15) is 10.8 Å². The number of thiazole rings is 1. The highest BCUT2D eigenvalue weighted by Crippen LogP contribution is 2.48. The third-order valence-electron chi connectivity index (χ3n) is 5.47.